The number of hydrogen-bond donors (Lipinski definition) is 4. The highest BCUT2D eigenvalue weighted by atomic mass is 16.1. The molecule has 2 aliphatic carbocycles. The molecule has 3 rings (SSSR count). The topological polar surface area (TPSA) is 127 Å². The molecule has 0 bridgehead atoms. The first kappa shape index (κ1) is 22.1. The standard InChI is InChI=1S/C22H32N7O/c1-2-20-17(12-26-21(30)14-25-8-7-18(24)11-23)13-27-22(29-20)28-19-9-15-5-3-4-6-16(15)10-19/h3,5,13,19,23-25H,2,4,6-12,14H2,1H3,(H,26,30)(H,27,28,29)/q-1. The maximum atomic E-state index is 12.0. The van der Waals surface area contributed by atoms with Crippen LogP contribution >= 0.6 is 0 Å². The van der Waals surface area contributed by atoms with Gasteiger partial charge >= 0.3 is 0 Å². The van der Waals surface area contributed by atoms with Gasteiger partial charge in [-0.25, -0.2) is 9.97 Å². The fraction of sp³-hybridized carbons (Fsp3) is 0.545. The predicted molar refractivity (Wildman–Crippen MR) is 120 cm³/mol. The summed E-state index contributed by atoms with van der Waals surface area (Å²) in [7, 11) is 0. The van der Waals surface area contributed by atoms with E-state index in [1.807, 2.05) is 0 Å². The van der Waals surface area contributed by atoms with Crippen LogP contribution in [0.2, 0.25) is 0 Å². The highest BCUT2D eigenvalue weighted by molar-refractivity contribution is 5.84. The number of nitrogens with zero attached hydrogens (tertiary/aromatic N) is 2. The van der Waals surface area contributed by atoms with E-state index in [9.17, 15) is 4.79 Å². The summed E-state index contributed by atoms with van der Waals surface area (Å²) in [5.41, 5.74) is 12.4. The zero-order chi connectivity index (χ0) is 21.3. The summed E-state index contributed by atoms with van der Waals surface area (Å²) in [4.78, 5) is 21.2. The van der Waals surface area contributed by atoms with Crippen LogP contribution in [0.4, 0.5) is 5.95 Å². The summed E-state index contributed by atoms with van der Waals surface area (Å²) in [6.07, 6.45) is 12.0. The monoisotopic (exact) mass is 410 g/mol. The van der Waals surface area contributed by atoms with Gasteiger partial charge in [-0.3, -0.25) is 4.79 Å². The molecule has 1 aromatic heterocycles. The zero-order valence-corrected chi connectivity index (χ0v) is 17.7. The van der Waals surface area contributed by atoms with Gasteiger partial charge in [0.15, 0.2) is 0 Å². The zero-order valence-electron chi connectivity index (χ0n) is 17.7. The first-order valence-electron chi connectivity index (χ1n) is 10.8. The van der Waals surface area contributed by atoms with Crippen molar-refractivity contribution in [1.82, 2.24) is 20.6 Å². The Labute approximate surface area is 178 Å². The molecular formula is C22H32N7O-. The molecule has 1 atom stereocenters. The van der Waals surface area contributed by atoms with Gasteiger partial charge in [-0.1, -0.05) is 24.6 Å². The van der Waals surface area contributed by atoms with Gasteiger partial charge in [0, 0.05) is 30.9 Å². The SMILES string of the molecule is CCc1nc(NC2CC3=C(CCC=C3)C2)ncc1CNC(=O)CNCCC(=N)C[NH-]. The van der Waals surface area contributed by atoms with Crippen LogP contribution in [0.25, 0.3) is 5.73 Å². The Bertz CT molecular complexity index is 831. The third-order valence-corrected chi connectivity index (χ3v) is 5.55. The Morgan fingerprint density at radius 2 is 2.23 bits per heavy atom. The van der Waals surface area contributed by atoms with Crippen molar-refractivity contribution in [3.63, 3.8) is 0 Å². The largest absolute Gasteiger partial charge is 0.673 e. The van der Waals surface area contributed by atoms with Crippen LogP contribution in [0.1, 0.15) is 50.3 Å². The van der Waals surface area contributed by atoms with Crippen LogP contribution in [0.15, 0.2) is 29.5 Å². The van der Waals surface area contributed by atoms with E-state index in [1.165, 1.54) is 12.0 Å². The van der Waals surface area contributed by atoms with Gasteiger partial charge in [-0.05, 0) is 49.8 Å². The maximum Gasteiger partial charge on any atom is 0.234 e. The van der Waals surface area contributed by atoms with Crippen LogP contribution in [0.5, 0.6) is 0 Å². The van der Waals surface area contributed by atoms with Crippen molar-refractivity contribution >= 4 is 17.6 Å². The first-order chi connectivity index (χ1) is 14.6. The van der Waals surface area contributed by atoms with Crippen LogP contribution in [-0.2, 0) is 17.8 Å². The van der Waals surface area contributed by atoms with E-state index in [2.05, 4.69) is 45.0 Å². The van der Waals surface area contributed by atoms with Crippen LogP contribution in [0, 0.1) is 5.41 Å². The molecule has 30 heavy (non-hydrogen) atoms. The summed E-state index contributed by atoms with van der Waals surface area (Å²) in [5.74, 6) is 0.557. The molecule has 0 aliphatic heterocycles. The molecule has 0 saturated heterocycles. The average Bonchev–Trinajstić information content (AvgIpc) is 3.17. The molecule has 0 spiro atoms. The van der Waals surface area contributed by atoms with E-state index < -0.39 is 0 Å². The number of hydrogen-bond acceptors (Lipinski definition) is 6. The highest BCUT2D eigenvalue weighted by Gasteiger charge is 2.24. The lowest BCUT2D eigenvalue weighted by Gasteiger charge is -2.15. The van der Waals surface area contributed by atoms with E-state index >= 15 is 0 Å². The number of aromatic nitrogens is 2. The van der Waals surface area contributed by atoms with Crippen molar-refractivity contribution in [2.75, 3.05) is 25.0 Å². The van der Waals surface area contributed by atoms with Crippen LogP contribution < -0.4 is 16.0 Å². The van der Waals surface area contributed by atoms with E-state index in [1.54, 1.807) is 11.8 Å². The molecule has 0 fully saturated rings. The first-order valence-corrected chi connectivity index (χ1v) is 10.8. The summed E-state index contributed by atoms with van der Waals surface area (Å²) in [5, 5.41) is 16.8. The van der Waals surface area contributed by atoms with Crippen molar-refractivity contribution in [3.8, 4) is 0 Å². The maximum absolute atomic E-state index is 12.0. The van der Waals surface area contributed by atoms with E-state index in [0.717, 1.165) is 36.9 Å². The molecular weight excluding hydrogens is 378 g/mol. The Hall–Kier alpha value is -2.58. The Kier molecular flexibility index (Phi) is 8.10. The quantitative estimate of drug-likeness (QED) is 0.329. The summed E-state index contributed by atoms with van der Waals surface area (Å²) in [6.45, 7) is 3.19. The second-order valence-electron chi connectivity index (χ2n) is 7.82. The number of anilines is 1. The second-order valence-corrected chi connectivity index (χ2v) is 7.82. The lowest BCUT2D eigenvalue weighted by atomic mass is 10.0. The van der Waals surface area contributed by atoms with Crippen molar-refractivity contribution in [3.05, 3.63) is 46.5 Å². The number of rotatable bonds is 11. The van der Waals surface area contributed by atoms with Crippen molar-refractivity contribution < 1.29 is 4.79 Å². The highest BCUT2D eigenvalue weighted by Crippen LogP contribution is 2.34. The second kappa shape index (κ2) is 11.0. The molecule has 1 unspecified atom stereocenters. The van der Waals surface area contributed by atoms with E-state index in [-0.39, 0.29) is 19.0 Å². The number of allylic oxidation sites excluding steroid dienone is 2. The van der Waals surface area contributed by atoms with E-state index in [4.69, 9.17) is 11.1 Å². The molecule has 1 heterocycles. The van der Waals surface area contributed by atoms with E-state index in [0.29, 0.717) is 37.2 Å². The minimum absolute atomic E-state index is 0.00908. The van der Waals surface area contributed by atoms with Crippen LogP contribution in [0.3, 0.4) is 0 Å². The Morgan fingerprint density at radius 3 is 3.00 bits per heavy atom. The molecule has 5 N–H and O–H groups in total. The molecule has 8 heteroatoms. The van der Waals surface area contributed by atoms with Gasteiger partial charge in [0.2, 0.25) is 11.9 Å². The fourth-order valence-corrected chi connectivity index (χ4v) is 3.88. The Balaban J connectivity index is 1.45. The summed E-state index contributed by atoms with van der Waals surface area (Å²) in [6, 6.07) is 0.357. The minimum Gasteiger partial charge on any atom is -0.673 e. The summed E-state index contributed by atoms with van der Waals surface area (Å²) < 4.78 is 0. The lowest BCUT2D eigenvalue weighted by Crippen LogP contribution is -2.34. The molecule has 0 saturated carbocycles. The van der Waals surface area contributed by atoms with Gasteiger partial charge < -0.3 is 27.1 Å². The number of carbonyl (C=O) groups excluding carboxylic acids is 1. The van der Waals surface area contributed by atoms with Crippen LogP contribution in [-0.4, -0.2) is 47.3 Å². The molecule has 0 aromatic carbocycles. The lowest BCUT2D eigenvalue weighted by molar-refractivity contribution is -0.120. The molecule has 1 aromatic rings. The normalized spacial score (nSPS) is 17.7. The molecule has 162 valence electrons. The van der Waals surface area contributed by atoms with Gasteiger partial charge in [-0.15, -0.1) is 6.54 Å². The molecule has 1 amide bonds. The van der Waals surface area contributed by atoms with Crippen molar-refractivity contribution in [2.24, 2.45) is 0 Å². The predicted octanol–water partition coefficient (Wildman–Crippen LogP) is 2.93. The average molecular weight is 411 g/mol. The third kappa shape index (κ3) is 6.21. The third-order valence-electron chi connectivity index (χ3n) is 5.55. The fourth-order valence-electron chi connectivity index (χ4n) is 3.88. The van der Waals surface area contributed by atoms with Crippen molar-refractivity contribution in [1.29, 1.82) is 5.41 Å². The molecule has 8 nitrogen and oxygen atoms in total. The number of aryl methyl sites for hydroxylation is 1. The Morgan fingerprint density at radius 1 is 1.37 bits per heavy atom. The smallest absolute Gasteiger partial charge is 0.234 e. The minimum atomic E-state index is -0.104. The number of nitrogens with one attached hydrogen (secondary N) is 5. The number of carbonyl (C=O) groups is 1. The van der Waals surface area contributed by atoms with Gasteiger partial charge in [-0.2, -0.15) is 0 Å². The van der Waals surface area contributed by atoms with Gasteiger partial charge in [0.1, 0.15) is 0 Å². The van der Waals surface area contributed by atoms with Gasteiger partial charge in [0.25, 0.3) is 0 Å². The molecule has 0 radical (unpaired) electrons. The molecule has 2 aliphatic rings. The summed E-state index contributed by atoms with van der Waals surface area (Å²) >= 11 is 0. The van der Waals surface area contributed by atoms with Crippen molar-refractivity contribution in [2.45, 2.75) is 58.0 Å². The van der Waals surface area contributed by atoms with Gasteiger partial charge in [0.05, 0.1) is 12.2 Å². The number of amides is 1.